The Bertz CT molecular complexity index is 2190. The molecule has 0 aliphatic carbocycles. The van der Waals surface area contributed by atoms with Gasteiger partial charge >= 0.3 is 12.1 Å². The van der Waals surface area contributed by atoms with Gasteiger partial charge in [0.1, 0.15) is 11.6 Å². The maximum Gasteiger partial charge on any atom is 0.490 e. The summed E-state index contributed by atoms with van der Waals surface area (Å²) in [6.07, 6.45) is -2.23. The number of pyridine rings is 1. The van der Waals surface area contributed by atoms with Crippen LogP contribution in [0.25, 0.3) is 16.8 Å². The first-order valence-corrected chi connectivity index (χ1v) is 17.0. The fraction of sp³-hybridized carbons (Fsp3) is 0.206. The van der Waals surface area contributed by atoms with E-state index < -0.39 is 27.9 Å². The van der Waals surface area contributed by atoms with Crippen molar-refractivity contribution in [3.05, 3.63) is 96.4 Å². The van der Waals surface area contributed by atoms with Gasteiger partial charge in [-0.25, -0.2) is 27.0 Å². The zero-order valence-electron chi connectivity index (χ0n) is 28.0. The Kier molecular flexibility index (Phi) is 12.0. The number of carboxylic acid groups (broad SMARTS) is 1. The molecular weight excluding hydrogens is 712 g/mol. The van der Waals surface area contributed by atoms with Crippen LogP contribution in [-0.2, 0) is 24.2 Å². The molecule has 0 unspecified atom stereocenters. The molecule has 0 aliphatic heterocycles. The van der Waals surface area contributed by atoms with Gasteiger partial charge in [0.15, 0.2) is 15.5 Å². The number of aromatic nitrogens is 3. The number of halogens is 4. The molecular formula is C34H32F4N6O7S. The molecule has 13 nitrogen and oxygen atoms in total. The molecule has 2 heterocycles. The monoisotopic (exact) mass is 744 g/mol. The molecule has 0 spiro atoms. The van der Waals surface area contributed by atoms with Crippen molar-refractivity contribution in [2.75, 3.05) is 37.2 Å². The van der Waals surface area contributed by atoms with Gasteiger partial charge in [0.25, 0.3) is 5.95 Å². The lowest BCUT2D eigenvalue weighted by molar-refractivity contribution is -0.192. The molecule has 1 atom stereocenters. The second kappa shape index (κ2) is 16.0. The molecule has 2 amide bonds. The maximum absolute atomic E-state index is 13.3. The number of hydrogen-bond acceptors (Lipinski definition) is 9. The molecule has 274 valence electrons. The predicted molar refractivity (Wildman–Crippen MR) is 183 cm³/mol. The summed E-state index contributed by atoms with van der Waals surface area (Å²) in [4.78, 5) is 40.8. The van der Waals surface area contributed by atoms with Gasteiger partial charge in [-0.2, -0.15) is 18.2 Å². The standard InChI is InChI=1S/C32H31FN6O5S.C2HF3O2/c1-20(21-5-10-24(33)11-6-21)31(41)35-25-12-7-22(8-13-25)23-9-16-29-36-32(37-38(29)19-23)39(30(40)18-34-2)27-15-14-26(45(4,42)43)17-28(27)44-3;3-2(4,5)1(6)7/h5-17,19-20,34H,18H2,1-4H3,(H,35,41);(H,6,7)/t20-;/m1./s1. The molecule has 2 aromatic heterocycles. The number of nitrogens with one attached hydrogen (secondary N) is 2. The van der Waals surface area contributed by atoms with Crippen LogP contribution in [0.1, 0.15) is 18.4 Å². The van der Waals surface area contributed by atoms with Crippen molar-refractivity contribution in [1.82, 2.24) is 19.9 Å². The predicted octanol–water partition coefficient (Wildman–Crippen LogP) is 5.21. The molecule has 3 aromatic carbocycles. The number of carboxylic acids is 1. The van der Waals surface area contributed by atoms with Crippen LogP contribution >= 0.6 is 0 Å². The lowest BCUT2D eigenvalue weighted by Gasteiger charge is -2.21. The number of hydrogen-bond donors (Lipinski definition) is 3. The third-order valence-electron chi connectivity index (χ3n) is 7.41. The van der Waals surface area contributed by atoms with Crippen LogP contribution in [0.2, 0.25) is 0 Å². The number of nitrogens with zero attached hydrogens (tertiary/aromatic N) is 4. The number of likely N-dealkylation sites (N-methyl/N-ethyl adjacent to an activating group) is 1. The maximum atomic E-state index is 13.3. The second-order valence-electron chi connectivity index (χ2n) is 11.1. The number of sulfone groups is 1. The van der Waals surface area contributed by atoms with Gasteiger partial charge in [-0.3, -0.25) is 9.59 Å². The molecule has 0 saturated heterocycles. The van der Waals surface area contributed by atoms with E-state index >= 15 is 0 Å². The Balaban J connectivity index is 0.000000785. The highest BCUT2D eigenvalue weighted by Gasteiger charge is 2.38. The average Bonchev–Trinajstić information content (AvgIpc) is 3.51. The molecule has 3 N–H and O–H groups in total. The van der Waals surface area contributed by atoms with Gasteiger partial charge in [0.2, 0.25) is 11.8 Å². The van der Waals surface area contributed by atoms with Crippen LogP contribution in [-0.4, -0.2) is 79.0 Å². The number of ether oxygens (including phenoxy) is 1. The number of methoxy groups -OCH3 is 1. The van der Waals surface area contributed by atoms with E-state index in [1.165, 1.54) is 42.3 Å². The van der Waals surface area contributed by atoms with Crippen LogP contribution in [0.3, 0.4) is 0 Å². The number of aliphatic carboxylic acids is 1. The number of carbonyl (C=O) groups excluding carboxylic acids is 2. The molecule has 0 fully saturated rings. The third-order valence-corrected chi connectivity index (χ3v) is 8.52. The Morgan fingerprint density at radius 1 is 0.981 bits per heavy atom. The van der Waals surface area contributed by atoms with E-state index in [-0.39, 0.29) is 46.5 Å². The van der Waals surface area contributed by atoms with Crippen LogP contribution in [0.5, 0.6) is 5.75 Å². The molecule has 0 saturated carbocycles. The van der Waals surface area contributed by atoms with Crippen molar-refractivity contribution >= 4 is 50.6 Å². The molecule has 5 rings (SSSR count). The zero-order chi connectivity index (χ0) is 38.4. The van der Waals surface area contributed by atoms with Gasteiger partial charge in [-0.1, -0.05) is 24.3 Å². The minimum absolute atomic E-state index is 0.0383. The second-order valence-corrected chi connectivity index (χ2v) is 13.2. The highest BCUT2D eigenvalue weighted by Crippen LogP contribution is 2.35. The van der Waals surface area contributed by atoms with Crippen LogP contribution in [0.4, 0.5) is 34.9 Å². The van der Waals surface area contributed by atoms with Crippen molar-refractivity contribution in [3.8, 4) is 16.9 Å². The molecule has 52 heavy (non-hydrogen) atoms. The summed E-state index contributed by atoms with van der Waals surface area (Å²) < 4.78 is 76.2. The van der Waals surface area contributed by atoms with E-state index in [2.05, 4.69) is 20.7 Å². The van der Waals surface area contributed by atoms with Gasteiger partial charge in [0.05, 0.1) is 30.2 Å². The number of amides is 2. The smallest absolute Gasteiger partial charge is 0.490 e. The van der Waals surface area contributed by atoms with E-state index in [0.29, 0.717) is 16.9 Å². The summed E-state index contributed by atoms with van der Waals surface area (Å²) in [7, 11) is -0.496. The first-order chi connectivity index (χ1) is 24.4. The van der Waals surface area contributed by atoms with Gasteiger partial charge in [-0.05, 0) is 73.6 Å². The molecule has 0 radical (unpaired) electrons. The van der Waals surface area contributed by atoms with E-state index in [4.69, 9.17) is 14.6 Å². The highest BCUT2D eigenvalue weighted by molar-refractivity contribution is 7.90. The fourth-order valence-electron chi connectivity index (χ4n) is 4.69. The van der Waals surface area contributed by atoms with Crippen LogP contribution < -0.4 is 20.3 Å². The minimum Gasteiger partial charge on any atom is -0.495 e. The van der Waals surface area contributed by atoms with Crippen molar-refractivity contribution in [1.29, 1.82) is 0 Å². The van der Waals surface area contributed by atoms with Gasteiger partial charge in [0, 0.05) is 29.8 Å². The van der Waals surface area contributed by atoms with Crippen LogP contribution in [0, 0.1) is 5.82 Å². The number of benzene rings is 3. The van der Waals surface area contributed by atoms with E-state index in [9.17, 15) is 35.6 Å². The summed E-state index contributed by atoms with van der Waals surface area (Å²) in [5, 5.41) is 17.4. The fourth-order valence-corrected chi connectivity index (χ4v) is 5.33. The lowest BCUT2D eigenvalue weighted by atomic mass is 10.00. The molecule has 18 heteroatoms. The quantitative estimate of drug-likeness (QED) is 0.161. The number of rotatable bonds is 10. The Morgan fingerprint density at radius 2 is 1.60 bits per heavy atom. The summed E-state index contributed by atoms with van der Waals surface area (Å²) in [6, 6.07) is 21.0. The van der Waals surface area contributed by atoms with Crippen molar-refractivity contribution in [2.45, 2.75) is 23.9 Å². The van der Waals surface area contributed by atoms with Gasteiger partial charge in [-0.15, -0.1) is 5.10 Å². The summed E-state index contributed by atoms with van der Waals surface area (Å²) in [5.74, 6) is -3.94. The first-order valence-electron chi connectivity index (χ1n) is 15.1. The van der Waals surface area contributed by atoms with Crippen molar-refractivity contribution in [3.63, 3.8) is 0 Å². The third kappa shape index (κ3) is 9.46. The zero-order valence-corrected chi connectivity index (χ0v) is 28.8. The van der Waals surface area contributed by atoms with E-state index in [1.807, 2.05) is 18.2 Å². The Hall–Kier alpha value is -5.88. The van der Waals surface area contributed by atoms with E-state index in [0.717, 1.165) is 17.4 Å². The number of fused-ring (bicyclic) bond motifs is 1. The first kappa shape index (κ1) is 38.9. The van der Waals surface area contributed by atoms with Gasteiger partial charge < -0.3 is 20.5 Å². The van der Waals surface area contributed by atoms with Crippen LogP contribution in [0.15, 0.2) is 90.0 Å². The largest absolute Gasteiger partial charge is 0.495 e. The minimum atomic E-state index is -5.08. The van der Waals surface area contributed by atoms with Crippen molar-refractivity contribution in [2.24, 2.45) is 0 Å². The normalized spacial score (nSPS) is 12.0. The summed E-state index contributed by atoms with van der Waals surface area (Å²) in [5.41, 5.74) is 3.73. The van der Waals surface area contributed by atoms with E-state index in [1.54, 1.807) is 55.0 Å². The topological polar surface area (TPSA) is 172 Å². The SMILES string of the molecule is CNCC(=O)N(c1nc2ccc(-c3ccc(NC(=O)[C@H](C)c4ccc(F)cc4)cc3)cn2n1)c1ccc(S(C)(=O)=O)cc1OC.O=C(O)C(F)(F)F. The summed E-state index contributed by atoms with van der Waals surface area (Å²) >= 11 is 0. The molecule has 5 aromatic rings. The van der Waals surface area contributed by atoms with Crippen molar-refractivity contribution < 1.29 is 50.2 Å². The number of carbonyl (C=O) groups is 3. The number of anilines is 3. The average molecular weight is 745 g/mol. The highest BCUT2D eigenvalue weighted by atomic mass is 32.2. The molecule has 0 bridgehead atoms. The Labute approximate surface area is 294 Å². The lowest BCUT2D eigenvalue weighted by Crippen LogP contribution is -2.34. The molecule has 0 aliphatic rings. The Morgan fingerprint density at radius 3 is 2.15 bits per heavy atom. The summed E-state index contributed by atoms with van der Waals surface area (Å²) in [6.45, 7) is 1.72. The number of alkyl halides is 3.